The molecule has 1 atom stereocenters. The molecular formula is C15H20N2O3. The fraction of sp³-hybridized carbons (Fsp3) is 0.400. The molecule has 5 heteroatoms. The van der Waals surface area contributed by atoms with Crippen LogP contribution in [0.3, 0.4) is 0 Å². The Kier molecular flexibility index (Phi) is 4.63. The van der Waals surface area contributed by atoms with E-state index in [9.17, 15) is 0 Å². The first-order valence-corrected chi connectivity index (χ1v) is 6.61. The van der Waals surface area contributed by atoms with Gasteiger partial charge in [-0.1, -0.05) is 13.0 Å². The molecule has 0 spiro atoms. The van der Waals surface area contributed by atoms with E-state index < -0.39 is 0 Å². The normalized spacial score (nSPS) is 12.2. The summed E-state index contributed by atoms with van der Waals surface area (Å²) in [4.78, 5) is 4.32. The Bertz CT molecular complexity index is 544. The first-order chi connectivity index (χ1) is 9.71. The standard InChI is InChI=1S/C15H20N2O3/c1-5-16-10(2)15-17-9-13(20-15)14-11(18-3)7-6-8-12(14)19-4/h6-10,16H,5H2,1-4H3. The quantitative estimate of drug-likeness (QED) is 0.879. The van der Waals surface area contributed by atoms with Gasteiger partial charge in [0.05, 0.1) is 26.5 Å². The van der Waals surface area contributed by atoms with Gasteiger partial charge in [0.25, 0.3) is 0 Å². The van der Waals surface area contributed by atoms with Crippen molar-refractivity contribution in [3.63, 3.8) is 0 Å². The van der Waals surface area contributed by atoms with Crippen LogP contribution < -0.4 is 14.8 Å². The number of aromatic nitrogens is 1. The van der Waals surface area contributed by atoms with E-state index in [2.05, 4.69) is 10.3 Å². The summed E-state index contributed by atoms with van der Waals surface area (Å²) < 4.78 is 16.6. The summed E-state index contributed by atoms with van der Waals surface area (Å²) in [6, 6.07) is 5.68. The Morgan fingerprint density at radius 2 is 1.90 bits per heavy atom. The van der Waals surface area contributed by atoms with Crippen molar-refractivity contribution in [2.45, 2.75) is 19.9 Å². The lowest BCUT2D eigenvalue weighted by Crippen LogP contribution is -2.17. The molecule has 0 radical (unpaired) electrons. The summed E-state index contributed by atoms with van der Waals surface area (Å²) in [5, 5.41) is 3.27. The van der Waals surface area contributed by atoms with E-state index >= 15 is 0 Å². The van der Waals surface area contributed by atoms with Crippen molar-refractivity contribution in [1.29, 1.82) is 0 Å². The summed E-state index contributed by atoms with van der Waals surface area (Å²) in [6.45, 7) is 4.92. The highest BCUT2D eigenvalue weighted by Gasteiger charge is 2.18. The number of oxazole rings is 1. The summed E-state index contributed by atoms with van der Waals surface area (Å²) in [5.41, 5.74) is 0.778. The van der Waals surface area contributed by atoms with Gasteiger partial charge in [0, 0.05) is 0 Å². The second kappa shape index (κ2) is 6.43. The number of ether oxygens (including phenoxy) is 2. The zero-order valence-corrected chi connectivity index (χ0v) is 12.3. The first-order valence-electron chi connectivity index (χ1n) is 6.61. The number of rotatable bonds is 6. The molecule has 2 rings (SSSR count). The van der Waals surface area contributed by atoms with Crippen molar-refractivity contribution in [3.05, 3.63) is 30.3 Å². The molecular weight excluding hydrogens is 256 g/mol. The monoisotopic (exact) mass is 276 g/mol. The zero-order valence-electron chi connectivity index (χ0n) is 12.3. The summed E-state index contributed by atoms with van der Waals surface area (Å²) >= 11 is 0. The lowest BCUT2D eigenvalue weighted by Gasteiger charge is -2.11. The Morgan fingerprint density at radius 3 is 2.45 bits per heavy atom. The maximum absolute atomic E-state index is 5.84. The number of nitrogens with one attached hydrogen (secondary N) is 1. The van der Waals surface area contributed by atoms with Gasteiger partial charge in [0.15, 0.2) is 5.76 Å². The Labute approximate surface area is 118 Å². The van der Waals surface area contributed by atoms with E-state index in [-0.39, 0.29) is 6.04 Å². The van der Waals surface area contributed by atoms with Crippen molar-refractivity contribution in [1.82, 2.24) is 10.3 Å². The van der Waals surface area contributed by atoms with E-state index in [4.69, 9.17) is 13.9 Å². The van der Waals surface area contributed by atoms with E-state index in [1.807, 2.05) is 32.0 Å². The average Bonchev–Trinajstić information content (AvgIpc) is 2.96. The Morgan fingerprint density at radius 1 is 1.25 bits per heavy atom. The predicted molar refractivity (Wildman–Crippen MR) is 77.1 cm³/mol. The number of hydrogen-bond acceptors (Lipinski definition) is 5. The lowest BCUT2D eigenvalue weighted by atomic mass is 10.1. The van der Waals surface area contributed by atoms with Crippen LogP contribution in [-0.2, 0) is 0 Å². The van der Waals surface area contributed by atoms with Crippen LogP contribution in [0.2, 0.25) is 0 Å². The molecule has 0 saturated heterocycles. The van der Waals surface area contributed by atoms with Crippen LogP contribution in [0.25, 0.3) is 11.3 Å². The third kappa shape index (κ3) is 2.77. The van der Waals surface area contributed by atoms with Crippen LogP contribution in [0.4, 0.5) is 0 Å². The van der Waals surface area contributed by atoms with Gasteiger partial charge in [-0.3, -0.25) is 0 Å². The third-order valence-corrected chi connectivity index (χ3v) is 3.08. The molecule has 0 amide bonds. The first kappa shape index (κ1) is 14.4. The molecule has 0 aliphatic heterocycles. The zero-order chi connectivity index (χ0) is 14.5. The number of methoxy groups -OCH3 is 2. The molecule has 1 aromatic carbocycles. The summed E-state index contributed by atoms with van der Waals surface area (Å²) in [6.07, 6.45) is 1.70. The SMILES string of the molecule is CCNC(C)c1ncc(-c2c(OC)cccc2OC)o1. The second-order valence-electron chi connectivity index (χ2n) is 4.38. The van der Waals surface area contributed by atoms with Crippen LogP contribution in [0.15, 0.2) is 28.8 Å². The molecule has 0 bridgehead atoms. The number of benzene rings is 1. The minimum Gasteiger partial charge on any atom is -0.496 e. The van der Waals surface area contributed by atoms with Gasteiger partial charge in [0.2, 0.25) is 5.89 Å². The van der Waals surface area contributed by atoms with Crippen molar-refractivity contribution in [2.24, 2.45) is 0 Å². The third-order valence-electron chi connectivity index (χ3n) is 3.08. The minimum atomic E-state index is 0.0643. The summed E-state index contributed by atoms with van der Waals surface area (Å²) in [5.74, 6) is 2.68. The molecule has 5 nitrogen and oxygen atoms in total. The molecule has 0 aliphatic carbocycles. The fourth-order valence-corrected chi connectivity index (χ4v) is 2.09. The fourth-order valence-electron chi connectivity index (χ4n) is 2.09. The minimum absolute atomic E-state index is 0.0643. The largest absolute Gasteiger partial charge is 0.496 e. The molecule has 20 heavy (non-hydrogen) atoms. The predicted octanol–water partition coefficient (Wildman–Crippen LogP) is 3.03. The average molecular weight is 276 g/mol. The Balaban J connectivity index is 2.41. The number of nitrogens with zero attached hydrogens (tertiary/aromatic N) is 1. The maximum Gasteiger partial charge on any atom is 0.211 e. The van der Waals surface area contributed by atoms with Crippen LogP contribution in [0, 0.1) is 0 Å². The molecule has 0 aliphatic rings. The van der Waals surface area contributed by atoms with Crippen molar-refractivity contribution < 1.29 is 13.9 Å². The molecule has 0 fully saturated rings. The van der Waals surface area contributed by atoms with Crippen LogP contribution in [0.1, 0.15) is 25.8 Å². The van der Waals surface area contributed by atoms with Gasteiger partial charge < -0.3 is 19.2 Å². The van der Waals surface area contributed by atoms with Gasteiger partial charge in [-0.05, 0) is 25.6 Å². The molecule has 1 heterocycles. The van der Waals surface area contributed by atoms with E-state index in [0.717, 1.165) is 12.1 Å². The topological polar surface area (TPSA) is 56.5 Å². The van der Waals surface area contributed by atoms with E-state index in [1.54, 1.807) is 20.4 Å². The van der Waals surface area contributed by atoms with E-state index in [0.29, 0.717) is 23.1 Å². The van der Waals surface area contributed by atoms with Crippen molar-refractivity contribution in [2.75, 3.05) is 20.8 Å². The molecule has 0 saturated carbocycles. The molecule has 108 valence electrons. The van der Waals surface area contributed by atoms with Crippen molar-refractivity contribution >= 4 is 0 Å². The van der Waals surface area contributed by atoms with Gasteiger partial charge in [0.1, 0.15) is 17.1 Å². The molecule has 1 N–H and O–H groups in total. The van der Waals surface area contributed by atoms with Gasteiger partial charge in [-0.15, -0.1) is 0 Å². The van der Waals surface area contributed by atoms with Gasteiger partial charge >= 0.3 is 0 Å². The summed E-state index contributed by atoms with van der Waals surface area (Å²) in [7, 11) is 3.24. The highest BCUT2D eigenvalue weighted by atomic mass is 16.5. The van der Waals surface area contributed by atoms with Gasteiger partial charge in [-0.25, -0.2) is 4.98 Å². The van der Waals surface area contributed by atoms with Gasteiger partial charge in [-0.2, -0.15) is 0 Å². The highest BCUT2D eigenvalue weighted by Crippen LogP contribution is 2.38. The van der Waals surface area contributed by atoms with Crippen LogP contribution in [0.5, 0.6) is 11.5 Å². The molecule has 2 aromatic rings. The van der Waals surface area contributed by atoms with E-state index in [1.165, 1.54) is 0 Å². The number of hydrogen-bond donors (Lipinski definition) is 1. The molecule has 1 aromatic heterocycles. The smallest absolute Gasteiger partial charge is 0.211 e. The van der Waals surface area contributed by atoms with Crippen LogP contribution in [-0.4, -0.2) is 25.7 Å². The lowest BCUT2D eigenvalue weighted by molar-refractivity contribution is 0.389. The van der Waals surface area contributed by atoms with Crippen LogP contribution >= 0.6 is 0 Å². The highest BCUT2D eigenvalue weighted by molar-refractivity contribution is 5.72. The molecule has 1 unspecified atom stereocenters. The maximum atomic E-state index is 5.84. The Hall–Kier alpha value is -2.01. The van der Waals surface area contributed by atoms with Crippen molar-refractivity contribution in [3.8, 4) is 22.8 Å². The second-order valence-corrected chi connectivity index (χ2v) is 4.38.